The molecule has 1 aromatic carbocycles. The molecule has 12 heterocycles. The SMILES string of the molecule is Brc1cnc2[nH]c3cnc(-c4cccnc4)cc3c2c1.CC1(C)OB(c2ccc(OCCCN3CCOCC3)nc2)OC1(C)C.c1cncc(-c2cc3c(cn2)[nH]c2ncc(-c4ccc(OCCCN5CCOCC5)cc4)cc23)c1. The Kier molecular flexibility index (Phi) is 17.1. The summed E-state index contributed by atoms with van der Waals surface area (Å²) in [4.78, 5) is 42.4. The van der Waals surface area contributed by atoms with Crippen molar-refractivity contribution in [3.63, 3.8) is 0 Å². The lowest BCUT2D eigenvalue weighted by Gasteiger charge is -2.32. The summed E-state index contributed by atoms with van der Waals surface area (Å²) in [5.41, 5.74) is 9.89. The first kappa shape index (κ1) is 54.7. The molecule has 0 atom stereocenters. The topological polar surface area (TPSA) is 184 Å². The summed E-state index contributed by atoms with van der Waals surface area (Å²) in [5, 5.41) is 4.38. The third kappa shape index (κ3) is 13.2. The number of pyridine rings is 7. The van der Waals surface area contributed by atoms with E-state index in [-0.39, 0.29) is 18.3 Å². The lowest BCUT2D eigenvalue weighted by Crippen LogP contribution is -2.41. The van der Waals surface area contributed by atoms with Gasteiger partial charge in [0.1, 0.15) is 17.0 Å². The summed E-state index contributed by atoms with van der Waals surface area (Å²) < 4.78 is 35.5. The number of halogens is 1. The summed E-state index contributed by atoms with van der Waals surface area (Å²) in [7, 11) is -0.382. The second kappa shape index (κ2) is 25.1. The van der Waals surface area contributed by atoms with Gasteiger partial charge in [0, 0.05) is 131 Å². The molecule has 10 aromatic rings. The standard InChI is InChI=1S/C28H27N5O2.C18H29BN2O4.C15H9BrN4/c1-3-21(17-29-8-1)26-16-24-25-15-22(18-31-28(25)32-27(24)19-30-26)20-4-6-23(7-5-20)35-12-2-9-33-10-13-34-14-11-33;1-17(2)18(3,4)25-19(24-17)15-6-7-16(20-14-15)23-11-5-8-21-9-12-22-13-10-21;16-10-4-12-11-5-13(9-2-1-3-17-6-9)18-8-14(11)20-15(12)19-7-10/h1,3-8,15-19H,2,9-14H2,(H,31,32);6-7,14H,5,8-13H2,1-4H3;1-8H,(H,19,20). The molecule has 0 amide bonds. The molecule has 0 spiro atoms. The molecular weight excluding hydrogens is 1070 g/mol. The molecule has 3 saturated heterocycles. The normalized spacial score (nSPS) is 16.3. The van der Waals surface area contributed by atoms with Gasteiger partial charge in [-0.15, -0.1) is 0 Å². The van der Waals surface area contributed by atoms with Crippen molar-refractivity contribution in [2.75, 3.05) is 78.9 Å². The number of fused-ring (bicyclic) bond motifs is 6. The maximum atomic E-state index is 6.04. The van der Waals surface area contributed by atoms with Crippen LogP contribution in [-0.4, -0.2) is 152 Å². The molecule has 3 fully saturated rings. The first-order valence-electron chi connectivity index (χ1n) is 27.3. The lowest BCUT2D eigenvalue weighted by atomic mass is 9.80. The van der Waals surface area contributed by atoms with E-state index in [9.17, 15) is 0 Å². The summed E-state index contributed by atoms with van der Waals surface area (Å²) in [6, 6.07) is 28.4. The van der Waals surface area contributed by atoms with Crippen LogP contribution in [0.15, 0.2) is 145 Å². The second-order valence-corrected chi connectivity index (χ2v) is 21.9. The van der Waals surface area contributed by atoms with E-state index < -0.39 is 0 Å². The molecule has 17 nitrogen and oxygen atoms in total. The van der Waals surface area contributed by atoms with Crippen molar-refractivity contribution in [2.45, 2.75) is 51.7 Å². The third-order valence-electron chi connectivity index (χ3n) is 15.0. The second-order valence-electron chi connectivity index (χ2n) is 21.0. The number of H-pyrrole nitrogens is 2. The van der Waals surface area contributed by atoms with Crippen LogP contribution < -0.4 is 14.9 Å². The Morgan fingerprint density at radius 3 is 1.62 bits per heavy atom. The van der Waals surface area contributed by atoms with E-state index >= 15 is 0 Å². The molecule has 13 rings (SSSR count). The number of nitrogens with one attached hydrogen (secondary N) is 2. The molecule has 0 radical (unpaired) electrons. The number of aromatic nitrogens is 9. The van der Waals surface area contributed by atoms with Crippen LogP contribution in [0.4, 0.5) is 0 Å². The van der Waals surface area contributed by atoms with E-state index in [1.807, 2.05) is 107 Å². The Morgan fingerprint density at radius 1 is 0.537 bits per heavy atom. The first-order valence-corrected chi connectivity index (χ1v) is 28.1. The minimum atomic E-state index is -0.382. The van der Waals surface area contributed by atoms with Crippen molar-refractivity contribution in [3.8, 4) is 45.3 Å². The third-order valence-corrected chi connectivity index (χ3v) is 15.4. The average molecular weight is 1140 g/mol. The molecular formula is C61H65BBrN11O6. The quantitative estimate of drug-likeness (QED) is 0.0774. The van der Waals surface area contributed by atoms with Crippen LogP contribution in [0.1, 0.15) is 40.5 Å². The number of morpholine rings is 2. The van der Waals surface area contributed by atoms with Crippen LogP contribution in [0.2, 0.25) is 0 Å². The smallest absolute Gasteiger partial charge is 0.494 e. The van der Waals surface area contributed by atoms with Gasteiger partial charge in [0.05, 0.1) is 85.7 Å². The molecule has 80 heavy (non-hydrogen) atoms. The largest absolute Gasteiger partial charge is 0.496 e. The van der Waals surface area contributed by atoms with Crippen molar-refractivity contribution in [1.82, 2.24) is 54.7 Å². The Hall–Kier alpha value is -7.23. The van der Waals surface area contributed by atoms with Gasteiger partial charge >= 0.3 is 7.12 Å². The fraction of sp³-hybridized carbons (Fsp3) is 0.328. The van der Waals surface area contributed by atoms with Crippen LogP contribution in [-0.2, 0) is 18.8 Å². The highest BCUT2D eigenvalue weighted by Crippen LogP contribution is 2.37. The van der Waals surface area contributed by atoms with Gasteiger partial charge in [-0.25, -0.2) is 15.0 Å². The van der Waals surface area contributed by atoms with Gasteiger partial charge in [0.2, 0.25) is 5.88 Å². The highest BCUT2D eigenvalue weighted by atomic mass is 79.9. The van der Waals surface area contributed by atoms with Gasteiger partial charge in [0.25, 0.3) is 0 Å². The number of benzene rings is 1. The van der Waals surface area contributed by atoms with Crippen LogP contribution in [0.25, 0.3) is 77.5 Å². The number of rotatable bonds is 14. The van der Waals surface area contributed by atoms with E-state index in [0.717, 1.165) is 172 Å². The Bertz CT molecular complexity index is 3620. The Labute approximate surface area is 474 Å². The summed E-state index contributed by atoms with van der Waals surface area (Å²) in [5.74, 6) is 1.53. The molecule has 0 aliphatic carbocycles. The minimum Gasteiger partial charge on any atom is -0.494 e. The van der Waals surface area contributed by atoms with Crippen LogP contribution in [0.5, 0.6) is 11.6 Å². The average Bonchev–Trinajstić information content (AvgIpc) is 4.35. The van der Waals surface area contributed by atoms with Gasteiger partial charge in [-0.2, -0.15) is 0 Å². The Balaban J connectivity index is 0.000000132. The lowest BCUT2D eigenvalue weighted by molar-refractivity contribution is 0.00578. The van der Waals surface area contributed by atoms with Gasteiger partial charge in [-0.1, -0.05) is 18.2 Å². The summed E-state index contributed by atoms with van der Waals surface area (Å²) >= 11 is 3.46. The molecule has 3 aliphatic rings. The van der Waals surface area contributed by atoms with E-state index in [0.29, 0.717) is 19.1 Å². The molecule has 410 valence electrons. The van der Waals surface area contributed by atoms with Crippen LogP contribution >= 0.6 is 15.9 Å². The zero-order chi connectivity index (χ0) is 54.9. The number of ether oxygens (including phenoxy) is 4. The van der Waals surface area contributed by atoms with Gasteiger partial charge in [0.15, 0.2) is 0 Å². The molecule has 19 heteroatoms. The maximum absolute atomic E-state index is 6.04. The van der Waals surface area contributed by atoms with Crippen molar-refractivity contribution in [3.05, 3.63) is 145 Å². The predicted octanol–water partition coefficient (Wildman–Crippen LogP) is 10.4. The summed E-state index contributed by atoms with van der Waals surface area (Å²) in [6.45, 7) is 19.1. The molecule has 0 bridgehead atoms. The zero-order valence-electron chi connectivity index (χ0n) is 45.6. The van der Waals surface area contributed by atoms with Crippen LogP contribution in [0.3, 0.4) is 0 Å². The number of aromatic amines is 2. The van der Waals surface area contributed by atoms with E-state index in [1.165, 1.54) is 0 Å². The fourth-order valence-electron chi connectivity index (χ4n) is 9.76. The number of hydrogen-bond acceptors (Lipinski definition) is 15. The highest BCUT2D eigenvalue weighted by molar-refractivity contribution is 9.10. The fourth-order valence-corrected chi connectivity index (χ4v) is 10.1. The highest BCUT2D eigenvalue weighted by Gasteiger charge is 2.51. The Morgan fingerprint density at radius 2 is 1.09 bits per heavy atom. The molecule has 0 unspecified atom stereocenters. The van der Waals surface area contributed by atoms with Crippen molar-refractivity contribution < 1.29 is 28.3 Å². The number of nitrogens with zero attached hydrogens (tertiary/aromatic N) is 9. The van der Waals surface area contributed by atoms with E-state index in [2.05, 4.69) is 107 Å². The van der Waals surface area contributed by atoms with Crippen molar-refractivity contribution >= 4 is 72.4 Å². The van der Waals surface area contributed by atoms with Gasteiger partial charge in [-0.05, 0) is 129 Å². The maximum Gasteiger partial charge on any atom is 0.496 e. The first-order chi connectivity index (χ1) is 39.0. The predicted molar refractivity (Wildman–Crippen MR) is 317 cm³/mol. The van der Waals surface area contributed by atoms with Crippen molar-refractivity contribution in [2.24, 2.45) is 0 Å². The molecule has 9 aromatic heterocycles. The minimum absolute atomic E-state index is 0.341. The molecule has 2 N–H and O–H groups in total. The molecule has 0 saturated carbocycles. The monoisotopic (exact) mass is 1140 g/mol. The summed E-state index contributed by atoms with van der Waals surface area (Å²) in [6.07, 6.45) is 18.4. The van der Waals surface area contributed by atoms with E-state index in [1.54, 1.807) is 24.8 Å². The molecule has 3 aliphatic heterocycles. The van der Waals surface area contributed by atoms with Crippen LogP contribution in [0, 0.1) is 0 Å². The van der Waals surface area contributed by atoms with Gasteiger partial charge < -0.3 is 38.2 Å². The number of hydrogen-bond donors (Lipinski definition) is 2. The zero-order valence-corrected chi connectivity index (χ0v) is 47.2. The van der Waals surface area contributed by atoms with Crippen molar-refractivity contribution in [1.29, 1.82) is 0 Å². The van der Waals surface area contributed by atoms with E-state index in [4.69, 9.17) is 28.3 Å². The van der Waals surface area contributed by atoms with Gasteiger partial charge in [-0.3, -0.25) is 29.7 Å².